The second-order valence-electron chi connectivity index (χ2n) is 8.42. The zero-order valence-electron chi connectivity index (χ0n) is 18.9. The van der Waals surface area contributed by atoms with E-state index in [9.17, 15) is 19.4 Å². The van der Waals surface area contributed by atoms with Crippen LogP contribution in [0.15, 0.2) is 42.5 Å². The highest BCUT2D eigenvalue weighted by Gasteiger charge is 2.19. The maximum absolute atomic E-state index is 14.3. The smallest absolute Gasteiger partial charge is 0.223 e. The molecule has 0 radical (unpaired) electrons. The highest BCUT2D eigenvalue weighted by molar-refractivity contribution is 6.10. The Labute approximate surface area is 196 Å². The van der Waals surface area contributed by atoms with Crippen molar-refractivity contribution >= 4 is 11.7 Å². The van der Waals surface area contributed by atoms with Crippen LogP contribution in [0.25, 0.3) is 11.3 Å². The minimum atomic E-state index is -0.607. The number of aryl methyl sites for hydroxylation is 1. The molecule has 4 rings (SSSR count). The summed E-state index contributed by atoms with van der Waals surface area (Å²) in [5.41, 5.74) is 7.24. The topological polar surface area (TPSA) is 122 Å². The molecule has 0 aliphatic carbocycles. The summed E-state index contributed by atoms with van der Waals surface area (Å²) in [6, 6.07) is 10.2. The average Bonchev–Trinajstić information content (AvgIpc) is 2.80. The summed E-state index contributed by atoms with van der Waals surface area (Å²) < 4.78 is 20.1. The lowest BCUT2D eigenvalue weighted by Crippen LogP contribution is -2.38. The van der Waals surface area contributed by atoms with Gasteiger partial charge in [-0.05, 0) is 55.7 Å². The molecule has 2 heterocycles. The number of ketones is 1. The Bertz CT molecular complexity index is 1200. The summed E-state index contributed by atoms with van der Waals surface area (Å²) in [6.07, 6.45) is 1.25. The Kier molecular flexibility index (Phi) is 7.04. The molecule has 2 aromatic carbocycles. The molecule has 0 atom stereocenters. The molecule has 3 aromatic rings. The third kappa shape index (κ3) is 5.49. The zero-order valence-corrected chi connectivity index (χ0v) is 18.9. The summed E-state index contributed by atoms with van der Waals surface area (Å²) in [6.45, 7) is 4.38. The van der Waals surface area contributed by atoms with E-state index < -0.39 is 11.6 Å². The number of carbonyl (C=O) groups excluding carboxylic acids is 1. The highest BCUT2D eigenvalue weighted by atomic mass is 19.1. The van der Waals surface area contributed by atoms with E-state index in [2.05, 4.69) is 14.9 Å². The largest absolute Gasteiger partial charge is 0.507 e. The Morgan fingerprint density at radius 3 is 2.68 bits per heavy atom. The van der Waals surface area contributed by atoms with Crippen LogP contribution in [0.3, 0.4) is 0 Å². The fourth-order valence-electron chi connectivity index (χ4n) is 3.92. The maximum Gasteiger partial charge on any atom is 0.223 e. The van der Waals surface area contributed by atoms with Gasteiger partial charge in [-0.2, -0.15) is 4.98 Å². The van der Waals surface area contributed by atoms with E-state index in [-0.39, 0.29) is 46.1 Å². The molecule has 0 unspecified atom stereocenters. The van der Waals surface area contributed by atoms with Crippen molar-refractivity contribution in [1.82, 2.24) is 14.9 Å². The van der Waals surface area contributed by atoms with E-state index in [4.69, 9.17) is 10.5 Å². The minimum absolute atomic E-state index is 0.0469. The second-order valence-corrected chi connectivity index (χ2v) is 8.42. The summed E-state index contributed by atoms with van der Waals surface area (Å²) >= 11 is 0. The first kappa shape index (κ1) is 23.6. The number of aliphatic hydroxyl groups excluding tert-OH is 1. The van der Waals surface area contributed by atoms with Crippen molar-refractivity contribution in [1.29, 1.82) is 0 Å². The predicted octanol–water partition coefficient (Wildman–Crippen LogP) is 2.95. The van der Waals surface area contributed by atoms with Crippen molar-refractivity contribution in [2.45, 2.75) is 25.9 Å². The predicted molar refractivity (Wildman–Crippen MR) is 125 cm³/mol. The van der Waals surface area contributed by atoms with Gasteiger partial charge in [0.25, 0.3) is 0 Å². The van der Waals surface area contributed by atoms with Crippen LogP contribution in [0.2, 0.25) is 0 Å². The van der Waals surface area contributed by atoms with Crippen LogP contribution in [-0.2, 0) is 0 Å². The minimum Gasteiger partial charge on any atom is -0.507 e. The number of phenolic OH excluding ortho intramolecular Hbond substituents is 1. The average molecular weight is 467 g/mol. The number of hydrogen-bond acceptors (Lipinski definition) is 8. The number of hydrogen-bond donors (Lipinski definition) is 3. The van der Waals surface area contributed by atoms with Crippen LogP contribution >= 0.6 is 0 Å². The number of nitrogens with zero attached hydrogens (tertiary/aromatic N) is 3. The number of phenols is 1. The van der Waals surface area contributed by atoms with Gasteiger partial charge in [0.05, 0.1) is 17.4 Å². The summed E-state index contributed by atoms with van der Waals surface area (Å²) in [5.74, 6) is -1.04. The van der Waals surface area contributed by atoms with E-state index in [1.54, 1.807) is 13.0 Å². The number of aromatic hydroxyl groups is 1. The fraction of sp³-hybridized carbons (Fsp3) is 0.320. The van der Waals surface area contributed by atoms with Gasteiger partial charge >= 0.3 is 0 Å². The summed E-state index contributed by atoms with van der Waals surface area (Å²) in [7, 11) is 0. The molecule has 1 saturated heterocycles. The summed E-state index contributed by atoms with van der Waals surface area (Å²) in [5, 5.41) is 20.0. The van der Waals surface area contributed by atoms with Gasteiger partial charge in [0, 0.05) is 36.8 Å². The lowest BCUT2D eigenvalue weighted by molar-refractivity contribution is 0.0751. The molecule has 0 saturated carbocycles. The number of halogens is 1. The van der Waals surface area contributed by atoms with E-state index in [1.165, 1.54) is 36.4 Å². The van der Waals surface area contributed by atoms with Crippen molar-refractivity contribution < 1.29 is 24.1 Å². The van der Waals surface area contributed by atoms with E-state index in [1.807, 2.05) is 0 Å². The molecule has 0 bridgehead atoms. The van der Waals surface area contributed by atoms with Crippen LogP contribution in [-0.4, -0.2) is 63.2 Å². The SMILES string of the molecule is Cc1ccc(C(=O)c2ccc(O)c(-c3cc(OCCN4CCC(O)CC4)nc(N)n3)c2)c(F)c1. The Morgan fingerprint density at radius 1 is 1.18 bits per heavy atom. The van der Waals surface area contributed by atoms with Gasteiger partial charge in [-0.3, -0.25) is 9.69 Å². The number of anilines is 1. The van der Waals surface area contributed by atoms with Crippen LogP contribution in [0.5, 0.6) is 11.6 Å². The second kappa shape index (κ2) is 10.1. The molecule has 1 fully saturated rings. The monoisotopic (exact) mass is 466 g/mol. The first-order chi connectivity index (χ1) is 16.3. The maximum atomic E-state index is 14.3. The van der Waals surface area contributed by atoms with Gasteiger partial charge in [0.15, 0.2) is 5.78 Å². The number of likely N-dealkylation sites (tertiary alicyclic amines) is 1. The normalized spacial score (nSPS) is 14.8. The van der Waals surface area contributed by atoms with Gasteiger partial charge in [0.2, 0.25) is 11.8 Å². The third-order valence-corrected chi connectivity index (χ3v) is 5.84. The standard InChI is InChI=1S/C25H27FN4O4/c1-15-2-4-18(20(26)12-15)24(33)16-3-5-22(32)19(13-16)21-14-23(29-25(27)28-21)34-11-10-30-8-6-17(31)7-9-30/h2-5,12-14,17,31-32H,6-11H2,1H3,(H2,27,28,29). The highest BCUT2D eigenvalue weighted by Crippen LogP contribution is 2.32. The van der Waals surface area contributed by atoms with Crippen molar-refractivity contribution in [3.63, 3.8) is 0 Å². The number of benzene rings is 2. The lowest BCUT2D eigenvalue weighted by atomic mass is 9.98. The third-order valence-electron chi connectivity index (χ3n) is 5.84. The number of nitrogens with two attached hydrogens (primary N) is 1. The molecular weight excluding hydrogens is 439 g/mol. The van der Waals surface area contributed by atoms with Crippen LogP contribution in [0, 0.1) is 12.7 Å². The number of carbonyl (C=O) groups is 1. The van der Waals surface area contributed by atoms with Crippen molar-refractivity contribution in [2.75, 3.05) is 32.0 Å². The van der Waals surface area contributed by atoms with Gasteiger partial charge in [-0.1, -0.05) is 6.07 Å². The van der Waals surface area contributed by atoms with Crippen molar-refractivity contribution in [3.05, 3.63) is 65.0 Å². The van der Waals surface area contributed by atoms with Gasteiger partial charge in [-0.15, -0.1) is 0 Å². The van der Waals surface area contributed by atoms with Gasteiger partial charge < -0.3 is 20.7 Å². The van der Waals surface area contributed by atoms with E-state index in [0.29, 0.717) is 18.7 Å². The number of aliphatic hydroxyl groups is 1. The first-order valence-corrected chi connectivity index (χ1v) is 11.1. The Balaban J connectivity index is 1.53. The quantitative estimate of drug-likeness (QED) is 0.455. The number of piperidine rings is 1. The molecule has 1 aliphatic rings. The fourth-order valence-corrected chi connectivity index (χ4v) is 3.92. The molecule has 1 aromatic heterocycles. The molecule has 4 N–H and O–H groups in total. The van der Waals surface area contributed by atoms with Crippen LogP contribution < -0.4 is 10.5 Å². The molecule has 0 spiro atoms. The number of rotatable bonds is 7. The molecular formula is C25H27FN4O4. The first-order valence-electron chi connectivity index (χ1n) is 11.1. The molecule has 178 valence electrons. The number of aromatic nitrogens is 2. The molecule has 8 nitrogen and oxygen atoms in total. The van der Waals surface area contributed by atoms with E-state index >= 15 is 0 Å². The van der Waals surface area contributed by atoms with Crippen molar-refractivity contribution in [2.24, 2.45) is 0 Å². The van der Waals surface area contributed by atoms with Crippen LogP contribution in [0.4, 0.5) is 10.3 Å². The van der Waals surface area contributed by atoms with Gasteiger partial charge in [0.1, 0.15) is 18.2 Å². The molecule has 9 heteroatoms. The van der Waals surface area contributed by atoms with E-state index in [0.717, 1.165) is 25.9 Å². The molecule has 1 aliphatic heterocycles. The number of nitrogen functional groups attached to an aromatic ring is 1. The zero-order chi connectivity index (χ0) is 24.2. The molecule has 34 heavy (non-hydrogen) atoms. The lowest BCUT2D eigenvalue weighted by Gasteiger charge is -2.29. The number of ether oxygens (including phenoxy) is 1. The van der Waals surface area contributed by atoms with Crippen molar-refractivity contribution in [3.8, 4) is 22.9 Å². The molecule has 0 amide bonds. The Morgan fingerprint density at radius 2 is 1.94 bits per heavy atom. The van der Waals surface area contributed by atoms with Gasteiger partial charge in [-0.25, -0.2) is 9.37 Å². The summed E-state index contributed by atoms with van der Waals surface area (Å²) in [4.78, 5) is 23.4. The Hall–Kier alpha value is -3.56. The van der Waals surface area contributed by atoms with Crippen LogP contribution in [0.1, 0.15) is 34.3 Å².